The van der Waals surface area contributed by atoms with Crippen molar-refractivity contribution in [1.29, 1.82) is 0 Å². The van der Waals surface area contributed by atoms with Gasteiger partial charge in [0.25, 0.3) is 0 Å². The van der Waals surface area contributed by atoms with Crippen molar-refractivity contribution < 1.29 is 9.13 Å². The summed E-state index contributed by atoms with van der Waals surface area (Å²) >= 11 is 0. The zero-order chi connectivity index (χ0) is 22.6. The van der Waals surface area contributed by atoms with Crippen LogP contribution in [0, 0.1) is 5.82 Å². The van der Waals surface area contributed by atoms with Crippen molar-refractivity contribution in [3.8, 4) is 22.6 Å². The van der Waals surface area contributed by atoms with Gasteiger partial charge in [-0.15, -0.1) is 0 Å². The van der Waals surface area contributed by atoms with Crippen LogP contribution in [0.3, 0.4) is 0 Å². The maximum absolute atomic E-state index is 15.0. The number of hydrogen-bond acceptors (Lipinski definition) is 6. The van der Waals surface area contributed by atoms with E-state index in [0.29, 0.717) is 33.4 Å². The average Bonchev–Trinajstić information content (AvgIpc) is 3.34. The van der Waals surface area contributed by atoms with Crippen LogP contribution in [-0.2, 0) is 14.1 Å². The minimum atomic E-state index is -0.614. The van der Waals surface area contributed by atoms with Crippen molar-refractivity contribution in [2.45, 2.75) is 0 Å². The Morgan fingerprint density at radius 2 is 1.94 bits per heavy atom. The molecule has 0 saturated carbocycles. The molecule has 162 valence electrons. The van der Waals surface area contributed by atoms with E-state index in [1.807, 2.05) is 19.3 Å². The van der Waals surface area contributed by atoms with Gasteiger partial charge in [0.1, 0.15) is 11.4 Å². The van der Waals surface area contributed by atoms with Gasteiger partial charge >= 0.3 is 5.69 Å². The number of nitrogens with zero attached hydrogens (tertiary/aromatic N) is 6. The lowest BCUT2D eigenvalue weighted by molar-refractivity contribution is 0.417. The number of fused-ring (bicyclic) bond motifs is 3. The van der Waals surface area contributed by atoms with E-state index in [-0.39, 0.29) is 5.69 Å². The van der Waals surface area contributed by atoms with Gasteiger partial charge in [-0.05, 0) is 6.07 Å². The van der Waals surface area contributed by atoms with E-state index in [4.69, 9.17) is 4.74 Å². The Balaban J connectivity index is 1.96. The second kappa shape index (κ2) is 7.19. The van der Waals surface area contributed by atoms with Crippen molar-refractivity contribution in [3.05, 3.63) is 59.4 Å². The molecule has 0 fully saturated rings. The summed E-state index contributed by atoms with van der Waals surface area (Å²) in [4.78, 5) is 21.7. The van der Waals surface area contributed by atoms with Crippen LogP contribution >= 0.6 is 0 Å². The fourth-order valence-corrected chi connectivity index (χ4v) is 4.03. The predicted octanol–water partition coefficient (Wildman–Crippen LogP) is 2.86. The van der Waals surface area contributed by atoms with Gasteiger partial charge in [-0.25, -0.2) is 9.18 Å². The Kier molecular flexibility index (Phi) is 4.43. The van der Waals surface area contributed by atoms with Crippen molar-refractivity contribution in [2.75, 3.05) is 19.5 Å². The number of benzene rings is 1. The fourth-order valence-electron chi connectivity index (χ4n) is 4.03. The van der Waals surface area contributed by atoms with Crippen LogP contribution < -0.4 is 15.7 Å². The molecule has 0 atom stereocenters. The van der Waals surface area contributed by atoms with Crippen molar-refractivity contribution >= 4 is 27.6 Å². The molecular formula is C22H20FN7O2. The number of methoxy groups -OCH3 is 1. The van der Waals surface area contributed by atoms with Crippen molar-refractivity contribution in [2.24, 2.45) is 14.1 Å². The van der Waals surface area contributed by atoms with Gasteiger partial charge in [0.15, 0.2) is 5.82 Å². The molecule has 0 bridgehead atoms. The summed E-state index contributed by atoms with van der Waals surface area (Å²) < 4.78 is 25.1. The van der Waals surface area contributed by atoms with Gasteiger partial charge in [0, 0.05) is 49.9 Å². The van der Waals surface area contributed by atoms with E-state index in [2.05, 4.69) is 20.4 Å². The van der Waals surface area contributed by atoms with E-state index in [0.717, 1.165) is 17.3 Å². The maximum atomic E-state index is 15.0. The molecule has 0 aliphatic rings. The molecule has 10 heteroatoms. The van der Waals surface area contributed by atoms with E-state index in [1.54, 1.807) is 44.3 Å². The first-order chi connectivity index (χ1) is 15.4. The Morgan fingerprint density at radius 1 is 1.12 bits per heavy atom. The SMILES string of the molecule is CNc1cncc(F)c1-n1c(=O)n(C)c2cnc3cc(OC)c(-c4cnn(C)c4)cc3c21. The molecular weight excluding hydrogens is 413 g/mol. The summed E-state index contributed by atoms with van der Waals surface area (Å²) in [5.41, 5.74) is 3.46. The van der Waals surface area contributed by atoms with Gasteiger partial charge in [-0.3, -0.25) is 23.8 Å². The molecule has 0 spiro atoms. The number of rotatable bonds is 4. The van der Waals surface area contributed by atoms with Crippen LogP contribution in [-0.4, -0.2) is 43.0 Å². The zero-order valence-corrected chi connectivity index (χ0v) is 17.9. The lowest BCUT2D eigenvalue weighted by atomic mass is 10.0. The summed E-state index contributed by atoms with van der Waals surface area (Å²) in [6.07, 6.45) is 7.79. The Hall–Kier alpha value is -4.21. The highest BCUT2D eigenvalue weighted by atomic mass is 19.1. The summed E-state index contributed by atoms with van der Waals surface area (Å²) in [5.74, 6) is 0.00518. The fraction of sp³-hybridized carbons (Fsp3) is 0.182. The molecule has 1 aromatic carbocycles. The number of halogens is 1. The molecule has 0 saturated heterocycles. The van der Waals surface area contributed by atoms with Crippen molar-refractivity contribution in [1.82, 2.24) is 28.9 Å². The molecule has 5 rings (SSSR count). The lowest BCUT2D eigenvalue weighted by Gasteiger charge is -2.13. The number of hydrogen-bond donors (Lipinski definition) is 1. The molecule has 9 nitrogen and oxygen atoms in total. The first kappa shape index (κ1) is 19.7. The summed E-state index contributed by atoms with van der Waals surface area (Å²) in [7, 11) is 6.71. The highest BCUT2D eigenvalue weighted by Gasteiger charge is 2.22. The van der Waals surface area contributed by atoms with Crippen molar-refractivity contribution in [3.63, 3.8) is 0 Å². The number of aryl methyl sites for hydroxylation is 2. The van der Waals surface area contributed by atoms with Crippen LogP contribution in [0.1, 0.15) is 0 Å². The van der Waals surface area contributed by atoms with Gasteiger partial charge in [0.05, 0.1) is 54.1 Å². The van der Waals surface area contributed by atoms with E-state index in [1.165, 1.54) is 15.3 Å². The van der Waals surface area contributed by atoms with E-state index >= 15 is 0 Å². The second-order valence-electron chi connectivity index (χ2n) is 7.41. The Bertz CT molecular complexity index is 1560. The minimum absolute atomic E-state index is 0.101. The molecule has 1 N–H and O–H groups in total. The molecule has 0 unspecified atom stereocenters. The minimum Gasteiger partial charge on any atom is -0.496 e. The van der Waals surface area contributed by atoms with Gasteiger partial charge in [-0.1, -0.05) is 0 Å². The smallest absolute Gasteiger partial charge is 0.333 e. The monoisotopic (exact) mass is 433 g/mol. The molecule has 32 heavy (non-hydrogen) atoms. The van der Waals surface area contributed by atoms with Gasteiger partial charge < -0.3 is 10.1 Å². The van der Waals surface area contributed by atoms with E-state index < -0.39 is 11.5 Å². The molecule has 0 aliphatic heterocycles. The van der Waals surface area contributed by atoms with Crippen LogP contribution in [0.5, 0.6) is 5.75 Å². The van der Waals surface area contributed by atoms with Gasteiger partial charge in [-0.2, -0.15) is 5.10 Å². The number of aromatic nitrogens is 6. The van der Waals surface area contributed by atoms with Crippen LogP contribution in [0.15, 0.2) is 47.9 Å². The quantitative estimate of drug-likeness (QED) is 0.469. The molecule has 4 heterocycles. The standard InChI is InChI=1S/C22H20FN7O2/c1-24-17-9-25-8-15(23)21(17)30-20-14-5-13(12-7-27-28(2)11-12)19(32-4)6-16(14)26-10-18(20)29(3)22(30)31/h5-11,24H,1-4H3. The zero-order valence-electron chi connectivity index (χ0n) is 17.9. The number of ether oxygens (including phenoxy) is 1. The van der Waals surface area contributed by atoms with Crippen LogP contribution in [0.4, 0.5) is 10.1 Å². The second-order valence-corrected chi connectivity index (χ2v) is 7.41. The number of imidazole rings is 1. The number of nitrogens with one attached hydrogen (secondary N) is 1. The summed E-state index contributed by atoms with van der Waals surface area (Å²) in [6.45, 7) is 0. The third-order valence-electron chi connectivity index (χ3n) is 5.59. The number of anilines is 1. The van der Waals surface area contributed by atoms with Gasteiger partial charge in [0.2, 0.25) is 0 Å². The molecule has 0 aliphatic carbocycles. The predicted molar refractivity (Wildman–Crippen MR) is 120 cm³/mol. The third-order valence-corrected chi connectivity index (χ3v) is 5.59. The Labute approximate surface area is 181 Å². The molecule has 0 amide bonds. The Morgan fingerprint density at radius 3 is 2.62 bits per heavy atom. The first-order valence-corrected chi connectivity index (χ1v) is 9.83. The summed E-state index contributed by atoms with van der Waals surface area (Å²) in [5, 5.41) is 7.85. The maximum Gasteiger partial charge on any atom is 0.333 e. The third kappa shape index (κ3) is 2.76. The topological polar surface area (TPSA) is 91.8 Å². The summed E-state index contributed by atoms with van der Waals surface area (Å²) in [6, 6.07) is 3.70. The highest BCUT2D eigenvalue weighted by Crippen LogP contribution is 2.37. The molecule has 0 radical (unpaired) electrons. The van der Waals surface area contributed by atoms with E-state index in [9.17, 15) is 9.18 Å². The number of pyridine rings is 2. The average molecular weight is 433 g/mol. The molecule has 4 aromatic heterocycles. The lowest BCUT2D eigenvalue weighted by Crippen LogP contribution is -2.22. The molecule has 5 aromatic rings. The largest absolute Gasteiger partial charge is 0.496 e. The normalized spacial score (nSPS) is 11.4. The first-order valence-electron chi connectivity index (χ1n) is 9.83. The van der Waals surface area contributed by atoms with Crippen LogP contribution in [0.25, 0.3) is 38.8 Å². The highest BCUT2D eigenvalue weighted by molar-refractivity contribution is 6.06. The van der Waals surface area contributed by atoms with Crippen LogP contribution in [0.2, 0.25) is 0 Å².